The Labute approximate surface area is 93.4 Å². The molecule has 16 heavy (non-hydrogen) atoms. The van der Waals surface area contributed by atoms with Gasteiger partial charge in [-0.2, -0.15) is 0 Å². The van der Waals surface area contributed by atoms with Gasteiger partial charge >= 0.3 is 5.97 Å². The van der Waals surface area contributed by atoms with E-state index in [9.17, 15) is 14.4 Å². The topological polar surface area (TPSA) is 95.5 Å². The predicted molar refractivity (Wildman–Crippen MR) is 55.7 cm³/mol. The molecular formula is C10H16N2O4. The second kappa shape index (κ2) is 4.96. The van der Waals surface area contributed by atoms with Gasteiger partial charge in [-0.1, -0.05) is 12.8 Å². The third-order valence-electron chi connectivity index (χ3n) is 2.74. The molecule has 0 radical (unpaired) electrons. The highest BCUT2D eigenvalue weighted by molar-refractivity contribution is 5.89. The van der Waals surface area contributed by atoms with Crippen molar-refractivity contribution in [2.75, 3.05) is 6.54 Å². The number of carboxylic acids is 1. The van der Waals surface area contributed by atoms with E-state index < -0.39 is 17.4 Å². The molecule has 1 fully saturated rings. The van der Waals surface area contributed by atoms with E-state index in [1.54, 1.807) is 0 Å². The van der Waals surface area contributed by atoms with E-state index in [2.05, 4.69) is 10.6 Å². The van der Waals surface area contributed by atoms with Crippen molar-refractivity contribution in [3.63, 3.8) is 0 Å². The summed E-state index contributed by atoms with van der Waals surface area (Å²) in [6.45, 7) is 1.13. The minimum atomic E-state index is -1.13. The van der Waals surface area contributed by atoms with Crippen molar-refractivity contribution in [3.8, 4) is 0 Å². The number of aliphatic carboxylic acids is 1. The third-order valence-corrected chi connectivity index (χ3v) is 2.74. The maximum absolute atomic E-state index is 11.4. The fourth-order valence-electron chi connectivity index (χ4n) is 1.89. The van der Waals surface area contributed by atoms with Gasteiger partial charge in [0.25, 0.3) is 0 Å². The smallest absolute Gasteiger partial charge is 0.329 e. The van der Waals surface area contributed by atoms with Gasteiger partial charge in [0.2, 0.25) is 11.8 Å². The molecule has 0 unspecified atom stereocenters. The van der Waals surface area contributed by atoms with Crippen molar-refractivity contribution < 1.29 is 19.5 Å². The molecule has 1 saturated carbocycles. The van der Waals surface area contributed by atoms with E-state index in [0.29, 0.717) is 12.8 Å². The van der Waals surface area contributed by atoms with Gasteiger partial charge in [0.15, 0.2) is 0 Å². The van der Waals surface area contributed by atoms with Crippen LogP contribution in [0.4, 0.5) is 0 Å². The first-order valence-corrected chi connectivity index (χ1v) is 5.25. The second-order valence-corrected chi connectivity index (χ2v) is 4.05. The molecule has 0 atom stereocenters. The Morgan fingerprint density at radius 2 is 1.81 bits per heavy atom. The van der Waals surface area contributed by atoms with E-state index in [1.807, 2.05) is 0 Å². The van der Waals surface area contributed by atoms with Crippen LogP contribution >= 0.6 is 0 Å². The summed E-state index contributed by atoms with van der Waals surface area (Å²) in [4.78, 5) is 33.1. The summed E-state index contributed by atoms with van der Waals surface area (Å²) >= 11 is 0. The van der Waals surface area contributed by atoms with Gasteiger partial charge in [-0.3, -0.25) is 9.59 Å². The van der Waals surface area contributed by atoms with Gasteiger partial charge in [0, 0.05) is 6.92 Å². The van der Waals surface area contributed by atoms with Gasteiger partial charge in [0.05, 0.1) is 6.54 Å². The third kappa shape index (κ3) is 2.95. The Morgan fingerprint density at radius 1 is 1.25 bits per heavy atom. The number of carbonyl (C=O) groups is 3. The zero-order valence-corrected chi connectivity index (χ0v) is 9.21. The van der Waals surface area contributed by atoms with Crippen LogP contribution in [0.5, 0.6) is 0 Å². The highest BCUT2D eigenvalue weighted by Crippen LogP contribution is 2.29. The summed E-state index contributed by atoms with van der Waals surface area (Å²) in [5, 5.41) is 13.9. The van der Waals surface area contributed by atoms with E-state index >= 15 is 0 Å². The average molecular weight is 228 g/mol. The molecule has 0 spiro atoms. The number of nitrogens with one attached hydrogen (secondary N) is 2. The molecule has 0 aliphatic heterocycles. The number of carbonyl (C=O) groups excluding carboxylic acids is 2. The van der Waals surface area contributed by atoms with Gasteiger partial charge in [-0.05, 0) is 12.8 Å². The Hall–Kier alpha value is -1.59. The van der Waals surface area contributed by atoms with E-state index in [-0.39, 0.29) is 12.5 Å². The SMILES string of the molecule is CC(=O)NCC(=O)NC1(C(=O)O)CCCC1. The van der Waals surface area contributed by atoms with E-state index in [0.717, 1.165) is 12.8 Å². The van der Waals surface area contributed by atoms with Gasteiger partial charge < -0.3 is 15.7 Å². The number of hydrogen-bond acceptors (Lipinski definition) is 3. The van der Waals surface area contributed by atoms with Crippen LogP contribution in [0.1, 0.15) is 32.6 Å². The lowest BCUT2D eigenvalue weighted by atomic mass is 9.98. The molecule has 0 aromatic rings. The maximum Gasteiger partial charge on any atom is 0.329 e. The van der Waals surface area contributed by atoms with Gasteiger partial charge in [0.1, 0.15) is 5.54 Å². The fraction of sp³-hybridized carbons (Fsp3) is 0.700. The lowest BCUT2D eigenvalue weighted by Gasteiger charge is -2.25. The molecule has 0 aromatic heterocycles. The molecule has 1 rings (SSSR count). The molecule has 0 saturated heterocycles. The first-order valence-electron chi connectivity index (χ1n) is 5.25. The quantitative estimate of drug-likeness (QED) is 0.612. The molecule has 3 N–H and O–H groups in total. The lowest BCUT2D eigenvalue weighted by molar-refractivity contribution is -0.147. The van der Waals surface area contributed by atoms with Crippen LogP contribution in [0, 0.1) is 0 Å². The molecule has 0 bridgehead atoms. The van der Waals surface area contributed by atoms with Crippen LogP contribution in [0.2, 0.25) is 0 Å². The standard InChI is InChI=1S/C10H16N2O4/c1-7(13)11-6-8(14)12-10(9(15)16)4-2-3-5-10/h2-6H2,1H3,(H,11,13)(H,12,14)(H,15,16). The summed E-state index contributed by atoms with van der Waals surface area (Å²) in [7, 11) is 0. The number of hydrogen-bond donors (Lipinski definition) is 3. The van der Waals surface area contributed by atoms with Gasteiger partial charge in [-0.25, -0.2) is 4.79 Å². The number of amides is 2. The van der Waals surface area contributed by atoms with Crippen LogP contribution < -0.4 is 10.6 Å². The van der Waals surface area contributed by atoms with Crippen LogP contribution in [-0.4, -0.2) is 35.0 Å². The molecular weight excluding hydrogens is 212 g/mol. The largest absolute Gasteiger partial charge is 0.480 e. The van der Waals surface area contributed by atoms with Crippen molar-refractivity contribution in [1.82, 2.24) is 10.6 Å². The van der Waals surface area contributed by atoms with Crippen molar-refractivity contribution in [3.05, 3.63) is 0 Å². The van der Waals surface area contributed by atoms with Gasteiger partial charge in [-0.15, -0.1) is 0 Å². The first kappa shape index (κ1) is 12.5. The minimum Gasteiger partial charge on any atom is -0.480 e. The fourth-order valence-corrected chi connectivity index (χ4v) is 1.89. The Bertz CT molecular complexity index is 308. The Kier molecular flexibility index (Phi) is 3.87. The summed E-state index contributed by atoms with van der Waals surface area (Å²) in [5.74, 6) is -1.77. The summed E-state index contributed by atoms with van der Waals surface area (Å²) in [5.41, 5.74) is -1.13. The maximum atomic E-state index is 11.4. The summed E-state index contributed by atoms with van der Waals surface area (Å²) in [6, 6.07) is 0. The molecule has 6 nitrogen and oxygen atoms in total. The number of rotatable bonds is 4. The zero-order chi connectivity index (χ0) is 12.2. The van der Waals surface area contributed by atoms with E-state index in [1.165, 1.54) is 6.92 Å². The minimum absolute atomic E-state index is 0.176. The highest BCUT2D eigenvalue weighted by Gasteiger charge is 2.42. The molecule has 0 heterocycles. The van der Waals surface area contributed by atoms with Crippen molar-refractivity contribution >= 4 is 17.8 Å². The molecule has 1 aliphatic carbocycles. The predicted octanol–water partition coefficient (Wildman–Crippen LogP) is -0.364. The van der Waals surface area contributed by atoms with Crippen molar-refractivity contribution in [2.45, 2.75) is 38.1 Å². The molecule has 0 aromatic carbocycles. The summed E-state index contributed by atoms with van der Waals surface area (Å²) in [6.07, 6.45) is 2.50. The molecule has 90 valence electrons. The summed E-state index contributed by atoms with van der Waals surface area (Å²) < 4.78 is 0. The van der Waals surface area contributed by atoms with Crippen LogP contribution in [-0.2, 0) is 14.4 Å². The van der Waals surface area contributed by atoms with Crippen LogP contribution in [0.25, 0.3) is 0 Å². The molecule has 2 amide bonds. The average Bonchev–Trinajstić information content (AvgIpc) is 2.64. The Morgan fingerprint density at radius 3 is 2.25 bits per heavy atom. The monoisotopic (exact) mass is 228 g/mol. The first-order chi connectivity index (χ1) is 7.46. The zero-order valence-electron chi connectivity index (χ0n) is 9.21. The highest BCUT2D eigenvalue weighted by atomic mass is 16.4. The molecule has 6 heteroatoms. The number of carboxylic acid groups (broad SMARTS) is 1. The lowest BCUT2D eigenvalue weighted by Crippen LogP contribution is -2.54. The molecule has 1 aliphatic rings. The Balaban J connectivity index is 2.52. The normalized spacial score (nSPS) is 17.8. The van der Waals surface area contributed by atoms with E-state index in [4.69, 9.17) is 5.11 Å². The second-order valence-electron chi connectivity index (χ2n) is 4.05. The van der Waals surface area contributed by atoms with Crippen LogP contribution in [0.3, 0.4) is 0 Å². The van der Waals surface area contributed by atoms with Crippen molar-refractivity contribution in [2.24, 2.45) is 0 Å². The van der Waals surface area contributed by atoms with Crippen molar-refractivity contribution in [1.29, 1.82) is 0 Å². The van der Waals surface area contributed by atoms with Crippen LogP contribution in [0.15, 0.2) is 0 Å².